The van der Waals surface area contributed by atoms with Gasteiger partial charge in [0.1, 0.15) is 23.0 Å². The SMILES string of the molecule is CCc1c(C#N)c(SCc2ccc(CNC(=O)Nc3ccccc3)cc2)nc(N2CCCN(C)CC2)c1C#N. The molecule has 39 heavy (non-hydrogen) atoms. The van der Waals surface area contributed by atoms with Crippen molar-refractivity contribution in [3.63, 3.8) is 0 Å². The topological polar surface area (TPSA) is 108 Å². The summed E-state index contributed by atoms with van der Waals surface area (Å²) in [5.74, 6) is 1.34. The van der Waals surface area contributed by atoms with Crippen LogP contribution in [-0.2, 0) is 18.7 Å². The Balaban J connectivity index is 1.44. The number of nitrogens with zero attached hydrogens (tertiary/aromatic N) is 5. The first-order valence-electron chi connectivity index (χ1n) is 13.1. The fraction of sp³-hybridized carbons (Fsp3) is 0.333. The highest BCUT2D eigenvalue weighted by molar-refractivity contribution is 7.98. The van der Waals surface area contributed by atoms with E-state index in [1.54, 1.807) is 0 Å². The number of aromatic nitrogens is 1. The summed E-state index contributed by atoms with van der Waals surface area (Å²) in [6, 6.07) is 21.8. The third-order valence-corrected chi connectivity index (χ3v) is 7.77. The first-order valence-corrected chi connectivity index (χ1v) is 14.1. The maximum Gasteiger partial charge on any atom is 0.319 e. The number of likely N-dealkylation sites (N-methyl/N-ethyl adjacent to an activating group) is 1. The van der Waals surface area contributed by atoms with E-state index in [2.05, 4.69) is 39.6 Å². The van der Waals surface area contributed by atoms with Crippen LogP contribution in [0.1, 0.15) is 41.2 Å². The highest BCUT2D eigenvalue weighted by Crippen LogP contribution is 2.33. The van der Waals surface area contributed by atoms with Gasteiger partial charge in [0.25, 0.3) is 0 Å². The monoisotopic (exact) mass is 539 g/mol. The number of urea groups is 1. The number of hydrogen-bond acceptors (Lipinski definition) is 7. The number of benzene rings is 2. The predicted molar refractivity (Wildman–Crippen MR) is 156 cm³/mol. The van der Waals surface area contributed by atoms with Crippen molar-refractivity contribution in [3.8, 4) is 12.1 Å². The van der Waals surface area contributed by atoms with Crippen LogP contribution in [0.5, 0.6) is 0 Å². The summed E-state index contributed by atoms with van der Waals surface area (Å²) in [6.45, 7) is 5.96. The fourth-order valence-electron chi connectivity index (χ4n) is 4.56. The standard InChI is InChI=1S/C30H33N7OS/c1-3-25-26(18-31)28(37-15-7-14-36(2)16-17-37)35-29(27(25)19-32)39-21-23-12-10-22(11-13-23)20-33-30(38)34-24-8-5-4-6-9-24/h4-6,8-13H,3,7,14-17,20-21H2,1-2H3,(H2,33,34,38). The summed E-state index contributed by atoms with van der Waals surface area (Å²) in [4.78, 5) is 21.6. The molecule has 4 rings (SSSR count). The molecule has 1 saturated heterocycles. The summed E-state index contributed by atoms with van der Waals surface area (Å²) in [5.41, 5.74) is 4.62. The van der Waals surface area contributed by atoms with Crippen LogP contribution in [0.3, 0.4) is 0 Å². The molecule has 2 aromatic carbocycles. The van der Waals surface area contributed by atoms with Gasteiger partial charge in [0.15, 0.2) is 0 Å². The lowest BCUT2D eigenvalue weighted by atomic mass is 10.0. The van der Waals surface area contributed by atoms with Crippen molar-refractivity contribution in [3.05, 3.63) is 82.4 Å². The van der Waals surface area contributed by atoms with Crippen molar-refractivity contribution in [2.24, 2.45) is 0 Å². The Labute approximate surface area is 234 Å². The number of hydrogen-bond donors (Lipinski definition) is 2. The molecule has 1 aromatic heterocycles. The number of nitrogens with one attached hydrogen (secondary N) is 2. The molecule has 1 aliphatic heterocycles. The minimum atomic E-state index is -0.254. The number of thioether (sulfide) groups is 1. The molecular formula is C30H33N7OS. The lowest BCUT2D eigenvalue weighted by Gasteiger charge is -2.25. The Hall–Kier alpha value is -4.05. The lowest BCUT2D eigenvalue weighted by molar-refractivity contribution is 0.251. The maximum atomic E-state index is 12.2. The van der Waals surface area contributed by atoms with E-state index in [9.17, 15) is 15.3 Å². The van der Waals surface area contributed by atoms with Gasteiger partial charge in [-0.1, -0.05) is 49.4 Å². The molecule has 0 spiro atoms. The van der Waals surface area contributed by atoms with E-state index in [4.69, 9.17) is 4.98 Å². The number of nitriles is 2. The Bertz CT molecular complexity index is 1360. The molecule has 0 saturated carbocycles. The zero-order valence-corrected chi connectivity index (χ0v) is 23.2. The molecule has 2 N–H and O–H groups in total. The van der Waals surface area contributed by atoms with Crippen LogP contribution in [0.4, 0.5) is 16.3 Å². The molecule has 2 amide bonds. The van der Waals surface area contributed by atoms with Gasteiger partial charge in [-0.25, -0.2) is 9.78 Å². The Kier molecular flexibility index (Phi) is 9.80. The van der Waals surface area contributed by atoms with E-state index < -0.39 is 0 Å². The number of rotatable bonds is 8. The second kappa shape index (κ2) is 13.7. The normalized spacial score (nSPS) is 13.7. The van der Waals surface area contributed by atoms with Gasteiger partial charge in [0.05, 0.1) is 11.1 Å². The quantitative estimate of drug-likeness (QED) is 0.382. The first kappa shape index (κ1) is 28.0. The molecule has 9 heteroatoms. The molecule has 0 aliphatic carbocycles. The third-order valence-electron chi connectivity index (χ3n) is 6.73. The number of amides is 2. The minimum absolute atomic E-state index is 0.254. The number of carbonyl (C=O) groups excluding carboxylic acids is 1. The highest BCUT2D eigenvalue weighted by Gasteiger charge is 2.24. The predicted octanol–water partition coefficient (Wildman–Crippen LogP) is 5.14. The molecule has 1 aliphatic rings. The molecule has 2 heterocycles. The van der Waals surface area contributed by atoms with Gasteiger partial charge in [-0.2, -0.15) is 10.5 Å². The Morgan fingerprint density at radius 2 is 1.69 bits per heavy atom. The van der Waals surface area contributed by atoms with Crippen LogP contribution in [0.15, 0.2) is 59.6 Å². The van der Waals surface area contributed by atoms with E-state index in [0.717, 1.165) is 55.0 Å². The molecule has 200 valence electrons. The number of anilines is 2. The number of carbonyl (C=O) groups is 1. The van der Waals surface area contributed by atoms with Crippen molar-refractivity contribution in [2.75, 3.05) is 43.4 Å². The largest absolute Gasteiger partial charge is 0.354 e. The van der Waals surface area contributed by atoms with Crippen LogP contribution in [0, 0.1) is 22.7 Å². The van der Waals surface area contributed by atoms with E-state index in [0.29, 0.717) is 40.7 Å². The first-order chi connectivity index (χ1) is 19.0. The van der Waals surface area contributed by atoms with E-state index in [1.165, 1.54) is 11.8 Å². The summed E-state index contributed by atoms with van der Waals surface area (Å²) in [5, 5.41) is 26.4. The van der Waals surface area contributed by atoms with Crippen molar-refractivity contribution in [2.45, 2.75) is 37.1 Å². The zero-order valence-electron chi connectivity index (χ0n) is 22.4. The molecule has 8 nitrogen and oxygen atoms in total. The Morgan fingerprint density at radius 3 is 2.38 bits per heavy atom. The van der Waals surface area contributed by atoms with Gasteiger partial charge in [0, 0.05) is 37.6 Å². The lowest BCUT2D eigenvalue weighted by Crippen LogP contribution is -2.30. The second-order valence-corrected chi connectivity index (χ2v) is 10.4. The number of para-hydroxylation sites is 1. The Morgan fingerprint density at radius 1 is 0.974 bits per heavy atom. The second-order valence-electron chi connectivity index (χ2n) is 9.47. The van der Waals surface area contributed by atoms with Gasteiger partial charge in [-0.05, 0) is 55.3 Å². The maximum absolute atomic E-state index is 12.2. The fourth-order valence-corrected chi connectivity index (χ4v) is 5.52. The van der Waals surface area contributed by atoms with Crippen LogP contribution >= 0.6 is 11.8 Å². The van der Waals surface area contributed by atoms with Crippen molar-refractivity contribution in [1.82, 2.24) is 15.2 Å². The third kappa shape index (κ3) is 7.29. The zero-order chi connectivity index (χ0) is 27.6. The highest BCUT2D eigenvalue weighted by atomic mass is 32.2. The van der Waals surface area contributed by atoms with Crippen LogP contribution < -0.4 is 15.5 Å². The van der Waals surface area contributed by atoms with Crippen LogP contribution in [0.2, 0.25) is 0 Å². The summed E-state index contributed by atoms with van der Waals surface area (Å²) in [6.07, 6.45) is 1.60. The molecule has 0 radical (unpaired) electrons. The van der Waals surface area contributed by atoms with Crippen molar-refractivity contribution >= 4 is 29.3 Å². The van der Waals surface area contributed by atoms with Crippen LogP contribution in [0.25, 0.3) is 0 Å². The average molecular weight is 540 g/mol. The van der Waals surface area contributed by atoms with E-state index in [-0.39, 0.29) is 6.03 Å². The summed E-state index contributed by atoms with van der Waals surface area (Å²) in [7, 11) is 2.11. The van der Waals surface area contributed by atoms with Crippen molar-refractivity contribution < 1.29 is 4.79 Å². The minimum Gasteiger partial charge on any atom is -0.354 e. The van der Waals surface area contributed by atoms with E-state index >= 15 is 0 Å². The van der Waals surface area contributed by atoms with E-state index in [1.807, 2.05) is 61.5 Å². The summed E-state index contributed by atoms with van der Waals surface area (Å²) < 4.78 is 0. The molecule has 1 fully saturated rings. The van der Waals surface area contributed by atoms with Crippen LogP contribution in [-0.4, -0.2) is 49.1 Å². The molecular weight excluding hydrogens is 506 g/mol. The molecule has 0 bridgehead atoms. The molecule has 0 unspecified atom stereocenters. The van der Waals surface area contributed by atoms with Gasteiger partial charge in [-0.15, -0.1) is 11.8 Å². The smallest absolute Gasteiger partial charge is 0.319 e. The van der Waals surface area contributed by atoms with Gasteiger partial charge >= 0.3 is 6.03 Å². The average Bonchev–Trinajstić information content (AvgIpc) is 3.19. The van der Waals surface area contributed by atoms with Gasteiger partial charge in [-0.3, -0.25) is 0 Å². The molecule has 0 atom stereocenters. The van der Waals surface area contributed by atoms with Gasteiger partial charge < -0.3 is 20.4 Å². The van der Waals surface area contributed by atoms with Gasteiger partial charge in [0.2, 0.25) is 0 Å². The molecule has 3 aromatic rings. The van der Waals surface area contributed by atoms with Crippen molar-refractivity contribution in [1.29, 1.82) is 10.5 Å². The summed E-state index contributed by atoms with van der Waals surface area (Å²) >= 11 is 1.52. The number of pyridine rings is 1.